The topological polar surface area (TPSA) is 59.0 Å². The Morgan fingerprint density at radius 3 is 2.93 bits per heavy atom. The predicted octanol–water partition coefficient (Wildman–Crippen LogP) is 2.81. The van der Waals surface area contributed by atoms with E-state index in [9.17, 15) is 9.59 Å². The second kappa shape index (κ2) is 5.61. The number of Topliss-reactive ketones (excluding diaryl/α,β-unsaturated/α-hetero) is 1. The standard InChI is InChI=1S/C22H24N2O3/c1-3-21-10-7-12-24-13-11-22(20(21)24)14-8-5-6-9-15(14)23-17(22)16(18(21)25)19(26)27-4-2/h5-10,16,20H,3-4,11-13H2,1-2H3/t16?,20-,21-,22-/m0/s1. The van der Waals surface area contributed by atoms with E-state index in [-0.39, 0.29) is 23.8 Å². The van der Waals surface area contributed by atoms with Gasteiger partial charge < -0.3 is 4.74 Å². The van der Waals surface area contributed by atoms with E-state index in [1.165, 1.54) is 5.56 Å². The van der Waals surface area contributed by atoms with Crippen molar-refractivity contribution >= 4 is 23.2 Å². The third-order valence-electron chi connectivity index (χ3n) is 7.05. The molecule has 4 atom stereocenters. The number of aliphatic imine (C=N–C) groups is 1. The summed E-state index contributed by atoms with van der Waals surface area (Å²) in [6.07, 6.45) is 5.74. The highest BCUT2D eigenvalue weighted by molar-refractivity contribution is 6.28. The van der Waals surface area contributed by atoms with Gasteiger partial charge >= 0.3 is 5.97 Å². The van der Waals surface area contributed by atoms with Gasteiger partial charge in [0, 0.05) is 19.1 Å². The molecule has 0 bridgehead atoms. The van der Waals surface area contributed by atoms with Gasteiger partial charge in [-0.15, -0.1) is 0 Å². The molecule has 3 heterocycles. The number of hydrogen-bond acceptors (Lipinski definition) is 5. The van der Waals surface area contributed by atoms with E-state index in [4.69, 9.17) is 9.73 Å². The van der Waals surface area contributed by atoms with Gasteiger partial charge in [-0.3, -0.25) is 19.5 Å². The molecule has 27 heavy (non-hydrogen) atoms. The van der Waals surface area contributed by atoms with Crippen molar-refractivity contribution in [2.75, 3.05) is 19.7 Å². The highest BCUT2D eigenvalue weighted by Crippen LogP contribution is 2.61. The second-order valence-electron chi connectivity index (χ2n) is 7.98. The van der Waals surface area contributed by atoms with Crippen LogP contribution in [0, 0.1) is 11.3 Å². The van der Waals surface area contributed by atoms with Crippen molar-refractivity contribution in [1.29, 1.82) is 0 Å². The molecule has 5 rings (SSSR count). The minimum atomic E-state index is -0.906. The molecule has 1 saturated carbocycles. The van der Waals surface area contributed by atoms with Crippen molar-refractivity contribution in [3.8, 4) is 0 Å². The van der Waals surface area contributed by atoms with E-state index in [1.54, 1.807) is 6.92 Å². The lowest BCUT2D eigenvalue weighted by atomic mass is 9.51. The molecular formula is C22H24N2O3. The summed E-state index contributed by atoms with van der Waals surface area (Å²) in [4.78, 5) is 34.0. The molecule has 0 aromatic heterocycles. The highest BCUT2D eigenvalue weighted by atomic mass is 16.5. The van der Waals surface area contributed by atoms with E-state index >= 15 is 0 Å². The van der Waals surface area contributed by atoms with Crippen molar-refractivity contribution in [2.24, 2.45) is 16.3 Å². The van der Waals surface area contributed by atoms with Crippen LogP contribution in [0.3, 0.4) is 0 Å². The van der Waals surface area contributed by atoms with Gasteiger partial charge in [0.1, 0.15) is 0 Å². The second-order valence-corrected chi connectivity index (χ2v) is 7.98. The van der Waals surface area contributed by atoms with E-state index in [0.717, 1.165) is 30.9 Å². The molecule has 1 aromatic rings. The maximum absolute atomic E-state index is 13.8. The Kier molecular flexibility index (Phi) is 3.51. The van der Waals surface area contributed by atoms with Crippen LogP contribution in [-0.2, 0) is 19.7 Å². The van der Waals surface area contributed by atoms with Gasteiger partial charge in [-0.25, -0.2) is 0 Å². The number of carbonyl (C=O) groups excluding carboxylic acids is 2. The lowest BCUT2D eigenvalue weighted by molar-refractivity contribution is -0.153. The summed E-state index contributed by atoms with van der Waals surface area (Å²) in [7, 11) is 0. The van der Waals surface area contributed by atoms with Gasteiger partial charge in [-0.05, 0) is 31.4 Å². The van der Waals surface area contributed by atoms with Crippen LogP contribution in [0.2, 0.25) is 0 Å². The maximum Gasteiger partial charge on any atom is 0.322 e. The summed E-state index contributed by atoms with van der Waals surface area (Å²) < 4.78 is 5.35. The van der Waals surface area contributed by atoms with Crippen LogP contribution in [-0.4, -0.2) is 48.1 Å². The largest absolute Gasteiger partial charge is 0.465 e. The van der Waals surface area contributed by atoms with Crippen LogP contribution in [0.4, 0.5) is 5.69 Å². The summed E-state index contributed by atoms with van der Waals surface area (Å²) in [6, 6.07) is 8.17. The lowest BCUT2D eigenvalue weighted by Gasteiger charge is -2.54. The summed E-state index contributed by atoms with van der Waals surface area (Å²) >= 11 is 0. The van der Waals surface area contributed by atoms with Gasteiger partial charge in [0.15, 0.2) is 11.7 Å². The number of fused-ring (bicyclic) bond motifs is 1. The molecule has 0 radical (unpaired) electrons. The van der Waals surface area contributed by atoms with Crippen molar-refractivity contribution in [2.45, 2.75) is 38.1 Å². The molecule has 0 N–H and O–H groups in total. The Hall–Kier alpha value is -2.27. The lowest BCUT2D eigenvalue weighted by Crippen LogP contribution is -2.68. The average molecular weight is 364 g/mol. The summed E-state index contributed by atoms with van der Waals surface area (Å²) in [5.41, 5.74) is 1.75. The van der Waals surface area contributed by atoms with Gasteiger partial charge in [0.25, 0.3) is 0 Å². The number of rotatable bonds is 3. The van der Waals surface area contributed by atoms with Crippen LogP contribution < -0.4 is 0 Å². The molecular weight excluding hydrogens is 340 g/mol. The summed E-state index contributed by atoms with van der Waals surface area (Å²) in [6.45, 7) is 5.86. The van der Waals surface area contributed by atoms with Crippen LogP contribution in [0.5, 0.6) is 0 Å². The fourth-order valence-corrected chi connectivity index (χ4v) is 6.08. The van der Waals surface area contributed by atoms with E-state index < -0.39 is 17.3 Å². The first kappa shape index (κ1) is 16.9. The number of esters is 1. The van der Waals surface area contributed by atoms with Crippen molar-refractivity contribution in [3.05, 3.63) is 42.0 Å². The van der Waals surface area contributed by atoms with Crippen LogP contribution in [0.1, 0.15) is 32.3 Å². The first-order valence-electron chi connectivity index (χ1n) is 9.91. The molecule has 0 amide bonds. The Morgan fingerprint density at radius 2 is 2.15 bits per heavy atom. The average Bonchev–Trinajstić information content (AvgIpc) is 3.23. The zero-order valence-corrected chi connectivity index (χ0v) is 15.8. The van der Waals surface area contributed by atoms with E-state index in [2.05, 4.69) is 30.0 Å². The zero-order chi connectivity index (χ0) is 18.8. The van der Waals surface area contributed by atoms with Crippen LogP contribution >= 0.6 is 0 Å². The van der Waals surface area contributed by atoms with Gasteiger partial charge in [0.2, 0.25) is 0 Å². The van der Waals surface area contributed by atoms with Crippen LogP contribution in [0.15, 0.2) is 41.4 Å². The first-order chi connectivity index (χ1) is 13.1. The Morgan fingerprint density at radius 1 is 1.33 bits per heavy atom. The van der Waals surface area contributed by atoms with E-state index in [0.29, 0.717) is 6.42 Å². The van der Waals surface area contributed by atoms with Gasteiger partial charge in [-0.2, -0.15) is 0 Å². The molecule has 1 aromatic carbocycles. The number of carbonyl (C=O) groups is 2. The SMILES string of the molecule is CCOC(=O)C1C(=O)[C@]2(CC)C=CCN3CC[C@]4(C1=Nc1ccccc14)[C@@H]32. The molecule has 2 fully saturated rings. The smallest absolute Gasteiger partial charge is 0.322 e. The monoisotopic (exact) mass is 364 g/mol. The van der Waals surface area contributed by atoms with Gasteiger partial charge in [0.05, 0.1) is 28.8 Å². The number of hydrogen-bond donors (Lipinski definition) is 0. The minimum Gasteiger partial charge on any atom is -0.465 e. The summed E-state index contributed by atoms with van der Waals surface area (Å²) in [5.74, 6) is -1.40. The molecule has 3 aliphatic heterocycles. The number of para-hydroxylation sites is 1. The first-order valence-corrected chi connectivity index (χ1v) is 9.91. The van der Waals surface area contributed by atoms with E-state index in [1.807, 2.05) is 18.2 Å². The fraction of sp³-hybridized carbons (Fsp3) is 0.500. The number of ketones is 1. The molecule has 140 valence electrons. The number of benzene rings is 1. The van der Waals surface area contributed by atoms with Gasteiger partial charge in [-0.1, -0.05) is 37.3 Å². The molecule has 4 aliphatic rings. The fourth-order valence-electron chi connectivity index (χ4n) is 6.08. The minimum absolute atomic E-state index is 0.0283. The molecule has 1 spiro atoms. The quantitative estimate of drug-likeness (QED) is 0.470. The molecule has 5 nitrogen and oxygen atoms in total. The third-order valence-corrected chi connectivity index (χ3v) is 7.05. The van der Waals surface area contributed by atoms with Crippen molar-refractivity contribution in [3.63, 3.8) is 0 Å². The Labute approximate surface area is 159 Å². The zero-order valence-electron chi connectivity index (χ0n) is 15.8. The maximum atomic E-state index is 13.8. The number of ether oxygens (including phenoxy) is 1. The third kappa shape index (κ3) is 1.85. The number of nitrogens with zero attached hydrogens (tertiary/aromatic N) is 2. The molecule has 1 aliphatic carbocycles. The van der Waals surface area contributed by atoms with Crippen molar-refractivity contribution < 1.29 is 14.3 Å². The molecule has 5 heteroatoms. The highest BCUT2D eigenvalue weighted by Gasteiger charge is 2.71. The predicted molar refractivity (Wildman–Crippen MR) is 102 cm³/mol. The molecule has 1 saturated heterocycles. The molecule has 1 unspecified atom stereocenters. The van der Waals surface area contributed by atoms with Crippen LogP contribution in [0.25, 0.3) is 0 Å². The Bertz CT molecular complexity index is 905. The normalized spacial score (nSPS) is 36.1. The summed E-state index contributed by atoms with van der Waals surface area (Å²) in [5, 5.41) is 0. The Balaban J connectivity index is 1.80. The van der Waals surface area contributed by atoms with Crippen molar-refractivity contribution in [1.82, 2.24) is 4.90 Å².